The SMILES string of the molecule is CC(C)(C#N)C(=O)OCc1cccc(C(N)=O)c1. The minimum absolute atomic E-state index is 0.00502. The molecule has 0 fully saturated rings. The summed E-state index contributed by atoms with van der Waals surface area (Å²) >= 11 is 0. The number of hydrogen-bond acceptors (Lipinski definition) is 4. The third kappa shape index (κ3) is 3.32. The molecule has 0 spiro atoms. The van der Waals surface area contributed by atoms with Crippen molar-refractivity contribution in [3.8, 4) is 6.07 Å². The van der Waals surface area contributed by atoms with Gasteiger partial charge in [0, 0.05) is 5.56 Å². The number of carbonyl (C=O) groups is 2. The van der Waals surface area contributed by atoms with Crippen molar-refractivity contribution in [3.05, 3.63) is 35.4 Å². The molecule has 0 saturated carbocycles. The summed E-state index contributed by atoms with van der Waals surface area (Å²) in [7, 11) is 0. The van der Waals surface area contributed by atoms with Gasteiger partial charge in [0.05, 0.1) is 6.07 Å². The van der Waals surface area contributed by atoms with Crippen molar-refractivity contribution in [2.24, 2.45) is 11.1 Å². The van der Waals surface area contributed by atoms with Crippen molar-refractivity contribution in [1.82, 2.24) is 0 Å². The van der Waals surface area contributed by atoms with Gasteiger partial charge in [0.2, 0.25) is 5.91 Å². The lowest BCUT2D eigenvalue weighted by atomic mass is 9.96. The van der Waals surface area contributed by atoms with Crippen LogP contribution in [0.2, 0.25) is 0 Å². The average molecular weight is 246 g/mol. The van der Waals surface area contributed by atoms with Gasteiger partial charge in [0.25, 0.3) is 0 Å². The van der Waals surface area contributed by atoms with E-state index in [1.165, 1.54) is 13.8 Å². The smallest absolute Gasteiger partial charge is 0.326 e. The van der Waals surface area contributed by atoms with Crippen LogP contribution >= 0.6 is 0 Å². The van der Waals surface area contributed by atoms with Crippen LogP contribution in [0.3, 0.4) is 0 Å². The second-order valence-corrected chi connectivity index (χ2v) is 4.38. The molecule has 2 N–H and O–H groups in total. The van der Waals surface area contributed by atoms with Gasteiger partial charge in [-0.25, -0.2) is 0 Å². The Kier molecular flexibility index (Phi) is 4.05. The highest BCUT2D eigenvalue weighted by Gasteiger charge is 2.29. The average Bonchev–Trinajstić information content (AvgIpc) is 2.36. The number of primary amides is 1. The number of hydrogen-bond donors (Lipinski definition) is 1. The van der Waals surface area contributed by atoms with E-state index in [1.807, 2.05) is 6.07 Å². The largest absolute Gasteiger partial charge is 0.460 e. The fraction of sp³-hybridized carbons (Fsp3) is 0.308. The molecule has 0 unspecified atom stereocenters. The summed E-state index contributed by atoms with van der Waals surface area (Å²) in [6.07, 6.45) is 0. The first-order chi connectivity index (χ1) is 8.36. The zero-order valence-electron chi connectivity index (χ0n) is 10.3. The van der Waals surface area contributed by atoms with Crippen molar-refractivity contribution in [2.45, 2.75) is 20.5 Å². The Morgan fingerprint density at radius 1 is 1.44 bits per heavy atom. The summed E-state index contributed by atoms with van der Waals surface area (Å²) in [5, 5.41) is 8.77. The number of rotatable bonds is 4. The fourth-order valence-corrected chi connectivity index (χ4v) is 1.19. The van der Waals surface area contributed by atoms with Crippen molar-refractivity contribution in [2.75, 3.05) is 0 Å². The molecule has 1 rings (SSSR count). The van der Waals surface area contributed by atoms with Crippen LogP contribution in [-0.2, 0) is 16.1 Å². The lowest BCUT2D eigenvalue weighted by molar-refractivity contribution is -0.152. The van der Waals surface area contributed by atoms with Gasteiger partial charge in [-0.3, -0.25) is 9.59 Å². The Bertz CT molecular complexity index is 515. The Labute approximate surface area is 105 Å². The molecule has 1 aromatic carbocycles. The molecule has 1 aromatic rings. The number of carbonyl (C=O) groups excluding carboxylic acids is 2. The molecule has 5 nitrogen and oxygen atoms in total. The standard InChI is InChI=1S/C13H14N2O3/c1-13(2,8-14)12(17)18-7-9-4-3-5-10(6-9)11(15)16/h3-6H,7H2,1-2H3,(H2,15,16). The Hall–Kier alpha value is -2.35. The van der Waals surface area contributed by atoms with Gasteiger partial charge in [0.15, 0.2) is 0 Å². The second kappa shape index (κ2) is 5.32. The highest BCUT2D eigenvalue weighted by Crippen LogP contribution is 2.16. The van der Waals surface area contributed by atoms with E-state index in [0.29, 0.717) is 11.1 Å². The van der Waals surface area contributed by atoms with E-state index in [9.17, 15) is 9.59 Å². The summed E-state index contributed by atoms with van der Waals surface area (Å²) in [6.45, 7) is 2.97. The summed E-state index contributed by atoms with van der Waals surface area (Å²) in [5.41, 5.74) is 4.96. The molecule has 0 aliphatic carbocycles. The molecule has 0 saturated heterocycles. The normalized spacial score (nSPS) is 10.5. The highest BCUT2D eigenvalue weighted by molar-refractivity contribution is 5.92. The van der Waals surface area contributed by atoms with E-state index in [2.05, 4.69) is 0 Å². The van der Waals surface area contributed by atoms with E-state index >= 15 is 0 Å². The molecule has 0 heterocycles. The summed E-state index contributed by atoms with van der Waals surface area (Å²) in [5.74, 6) is -1.14. The minimum atomic E-state index is -1.18. The molecule has 94 valence electrons. The molecule has 0 atom stereocenters. The summed E-state index contributed by atoms with van der Waals surface area (Å²) < 4.78 is 5.00. The highest BCUT2D eigenvalue weighted by atomic mass is 16.5. The molecule has 5 heteroatoms. The quantitative estimate of drug-likeness (QED) is 0.812. The topological polar surface area (TPSA) is 93.2 Å². The van der Waals surface area contributed by atoms with Crippen molar-refractivity contribution in [1.29, 1.82) is 5.26 Å². The number of ether oxygens (including phenoxy) is 1. The monoisotopic (exact) mass is 246 g/mol. The predicted molar refractivity (Wildman–Crippen MR) is 64.1 cm³/mol. The van der Waals surface area contributed by atoms with Crippen LogP contribution in [0, 0.1) is 16.7 Å². The van der Waals surface area contributed by atoms with Crippen molar-refractivity contribution >= 4 is 11.9 Å². The van der Waals surface area contributed by atoms with Crippen LogP contribution in [0.25, 0.3) is 0 Å². The number of benzene rings is 1. The van der Waals surface area contributed by atoms with Gasteiger partial charge < -0.3 is 10.5 Å². The van der Waals surface area contributed by atoms with Crippen LogP contribution in [0.1, 0.15) is 29.8 Å². The maximum atomic E-state index is 11.6. The third-order valence-electron chi connectivity index (χ3n) is 2.37. The van der Waals surface area contributed by atoms with E-state index in [4.69, 9.17) is 15.7 Å². The van der Waals surface area contributed by atoms with Gasteiger partial charge in [-0.05, 0) is 31.5 Å². The van der Waals surface area contributed by atoms with Crippen LogP contribution in [0.4, 0.5) is 0 Å². The molecule has 0 aliphatic heterocycles. The van der Waals surface area contributed by atoms with Crippen LogP contribution < -0.4 is 5.73 Å². The fourth-order valence-electron chi connectivity index (χ4n) is 1.19. The van der Waals surface area contributed by atoms with Crippen molar-refractivity contribution < 1.29 is 14.3 Å². The first-order valence-electron chi connectivity index (χ1n) is 5.34. The number of amides is 1. The van der Waals surface area contributed by atoms with Crippen LogP contribution in [0.5, 0.6) is 0 Å². The molecule has 1 amide bonds. The maximum Gasteiger partial charge on any atom is 0.326 e. The molecular weight excluding hydrogens is 232 g/mol. The molecule has 0 bridgehead atoms. The van der Waals surface area contributed by atoms with Gasteiger partial charge in [-0.1, -0.05) is 12.1 Å². The lowest BCUT2D eigenvalue weighted by Crippen LogP contribution is -2.24. The van der Waals surface area contributed by atoms with Gasteiger partial charge in [-0.2, -0.15) is 5.26 Å². The lowest BCUT2D eigenvalue weighted by Gasteiger charge is -2.14. The van der Waals surface area contributed by atoms with E-state index in [-0.39, 0.29) is 6.61 Å². The van der Waals surface area contributed by atoms with Gasteiger partial charge in [0.1, 0.15) is 12.0 Å². The first-order valence-corrected chi connectivity index (χ1v) is 5.34. The second-order valence-electron chi connectivity index (χ2n) is 4.38. The molecule has 0 aliphatic rings. The van der Waals surface area contributed by atoms with Gasteiger partial charge in [-0.15, -0.1) is 0 Å². The van der Waals surface area contributed by atoms with Gasteiger partial charge >= 0.3 is 5.97 Å². The molecule has 0 radical (unpaired) electrons. The number of esters is 1. The minimum Gasteiger partial charge on any atom is -0.460 e. The van der Waals surface area contributed by atoms with E-state index in [0.717, 1.165) is 0 Å². The summed E-state index contributed by atoms with van der Waals surface area (Å²) in [4.78, 5) is 22.5. The summed E-state index contributed by atoms with van der Waals surface area (Å²) in [6, 6.07) is 8.34. The van der Waals surface area contributed by atoms with Crippen LogP contribution in [0.15, 0.2) is 24.3 Å². The van der Waals surface area contributed by atoms with Crippen molar-refractivity contribution in [3.63, 3.8) is 0 Å². The Morgan fingerprint density at radius 3 is 2.67 bits per heavy atom. The number of nitrogens with zero attached hydrogens (tertiary/aromatic N) is 1. The van der Waals surface area contributed by atoms with Crippen LogP contribution in [-0.4, -0.2) is 11.9 Å². The molecular formula is C13H14N2O3. The Morgan fingerprint density at radius 2 is 2.11 bits per heavy atom. The number of nitrogens with two attached hydrogens (primary N) is 1. The zero-order chi connectivity index (χ0) is 13.8. The number of nitriles is 1. The molecule has 18 heavy (non-hydrogen) atoms. The zero-order valence-corrected chi connectivity index (χ0v) is 10.3. The maximum absolute atomic E-state index is 11.6. The predicted octanol–water partition coefficient (Wildman–Crippen LogP) is 1.38. The molecule has 0 aromatic heterocycles. The van der Waals surface area contributed by atoms with E-state index in [1.54, 1.807) is 24.3 Å². The van der Waals surface area contributed by atoms with E-state index < -0.39 is 17.3 Å². The Balaban J connectivity index is 2.71. The third-order valence-corrected chi connectivity index (χ3v) is 2.37. The first kappa shape index (κ1) is 13.7.